The van der Waals surface area contributed by atoms with Crippen LogP contribution in [0.2, 0.25) is 0 Å². The van der Waals surface area contributed by atoms with Crippen LogP contribution in [0.25, 0.3) is 0 Å². The van der Waals surface area contributed by atoms with Gasteiger partial charge in [-0.1, -0.05) is 39.5 Å². The second-order valence-electron chi connectivity index (χ2n) is 4.07. The van der Waals surface area contributed by atoms with E-state index in [9.17, 15) is 0 Å². The van der Waals surface area contributed by atoms with E-state index < -0.39 is 0 Å². The zero-order valence-electron chi connectivity index (χ0n) is 14.6. The van der Waals surface area contributed by atoms with Crippen LogP contribution in [0.15, 0.2) is 0 Å². The van der Waals surface area contributed by atoms with Gasteiger partial charge in [-0.05, 0) is 0 Å². The minimum Gasteiger partial charge on any atom is -1.00 e. The van der Waals surface area contributed by atoms with Gasteiger partial charge in [0.05, 0.1) is 0 Å². The summed E-state index contributed by atoms with van der Waals surface area (Å²) >= 11 is 0. The molecule has 2 saturated heterocycles. The molecule has 22 heavy (non-hydrogen) atoms. The Morgan fingerprint density at radius 1 is 0.773 bits per heavy atom. The van der Waals surface area contributed by atoms with E-state index in [-0.39, 0.29) is 70.9 Å². The third-order valence-corrected chi connectivity index (χ3v) is 2.11. The molecular formula is C16H32Cl2Mg2O2-2. The third kappa shape index (κ3) is 49.5. The molecule has 0 aliphatic carbocycles. The molecular weight excluding hydrogens is 344 g/mol. The van der Waals surface area contributed by atoms with E-state index in [0.717, 1.165) is 38.9 Å². The van der Waals surface area contributed by atoms with Crippen molar-refractivity contribution in [3.63, 3.8) is 0 Å². The molecule has 0 aromatic heterocycles. The Morgan fingerprint density at radius 3 is 1.09 bits per heavy atom. The standard InChI is InChI=1S/2C4H7O.2C4H9.2ClH.2Mg/c2*1-2-4-5-3-1;2*1-3-4-2;;;;/h2*3H,1-2,4H2;2*1,3-4H2,2H3;2*1H;;/q4*-1;;;2*+2/p-2. The van der Waals surface area contributed by atoms with Crippen LogP contribution in [0.4, 0.5) is 0 Å². The molecule has 0 unspecified atom stereocenters. The van der Waals surface area contributed by atoms with Crippen LogP contribution in [-0.2, 0) is 9.47 Å². The van der Waals surface area contributed by atoms with Crippen molar-refractivity contribution in [1.29, 1.82) is 0 Å². The van der Waals surface area contributed by atoms with Gasteiger partial charge in [-0.15, -0.1) is 0 Å². The van der Waals surface area contributed by atoms with Crippen LogP contribution >= 0.6 is 0 Å². The predicted molar refractivity (Wildman–Crippen MR) is 91.0 cm³/mol. The summed E-state index contributed by atoms with van der Waals surface area (Å²) in [4.78, 5) is 0. The monoisotopic (exact) mass is 374 g/mol. The summed E-state index contributed by atoms with van der Waals surface area (Å²) in [5, 5.41) is 0. The Morgan fingerprint density at radius 2 is 1.05 bits per heavy atom. The smallest absolute Gasteiger partial charge is 1.00 e. The number of halogens is 2. The van der Waals surface area contributed by atoms with Gasteiger partial charge in [-0.2, -0.15) is 25.7 Å². The molecule has 0 radical (unpaired) electrons. The Hall–Kier alpha value is 2.03. The summed E-state index contributed by atoms with van der Waals surface area (Å²) in [6, 6.07) is 0. The molecule has 2 aliphatic heterocycles. The number of hydrogen-bond acceptors (Lipinski definition) is 2. The largest absolute Gasteiger partial charge is 2.00 e. The minimum absolute atomic E-state index is 0. The molecule has 0 spiro atoms. The first-order valence-corrected chi connectivity index (χ1v) is 7.28. The van der Waals surface area contributed by atoms with E-state index in [1.807, 2.05) is 13.2 Å². The molecule has 2 nitrogen and oxygen atoms in total. The Labute approximate surface area is 184 Å². The topological polar surface area (TPSA) is 18.5 Å². The molecule has 2 heterocycles. The van der Waals surface area contributed by atoms with Gasteiger partial charge in [0.15, 0.2) is 0 Å². The molecule has 0 bridgehead atoms. The maximum atomic E-state index is 4.82. The molecule has 0 aromatic rings. The van der Waals surface area contributed by atoms with Crippen LogP contribution in [0.1, 0.15) is 65.2 Å². The van der Waals surface area contributed by atoms with Crippen molar-refractivity contribution in [3.8, 4) is 0 Å². The molecule has 0 aromatic carbocycles. The fraction of sp³-hybridized carbons (Fsp3) is 0.750. The van der Waals surface area contributed by atoms with Gasteiger partial charge in [-0.3, -0.25) is 0 Å². The zero-order valence-corrected chi connectivity index (χ0v) is 19.0. The molecule has 0 saturated carbocycles. The first-order chi connectivity index (χ1) is 8.83. The molecule has 2 fully saturated rings. The zero-order chi connectivity index (χ0) is 13.9. The Bertz CT molecular complexity index is 93.5. The molecule has 0 amide bonds. The van der Waals surface area contributed by atoms with Crippen molar-refractivity contribution in [2.75, 3.05) is 13.2 Å². The van der Waals surface area contributed by atoms with E-state index in [1.165, 1.54) is 25.7 Å². The first kappa shape index (κ1) is 39.2. The fourth-order valence-electron chi connectivity index (χ4n) is 0.833. The summed E-state index contributed by atoms with van der Waals surface area (Å²) in [6.07, 6.45) is 9.31. The van der Waals surface area contributed by atoms with Crippen molar-refractivity contribution >= 4 is 46.1 Å². The van der Waals surface area contributed by atoms with Crippen LogP contribution < -0.4 is 24.8 Å². The van der Waals surface area contributed by atoms with E-state index in [0.29, 0.717) is 0 Å². The van der Waals surface area contributed by atoms with Crippen LogP contribution in [0.3, 0.4) is 0 Å². The molecule has 0 atom stereocenters. The van der Waals surface area contributed by atoms with E-state index >= 15 is 0 Å². The predicted octanol–water partition coefficient (Wildman–Crippen LogP) is -1.60. The van der Waals surface area contributed by atoms with Gasteiger partial charge >= 0.3 is 46.1 Å². The normalized spacial score (nSPS) is 13.6. The maximum absolute atomic E-state index is 4.82. The Balaban J connectivity index is -0.0000000369. The molecule has 2 aliphatic rings. The van der Waals surface area contributed by atoms with Gasteiger partial charge in [-0.25, -0.2) is 13.2 Å². The number of hydrogen-bond donors (Lipinski definition) is 0. The van der Waals surface area contributed by atoms with Crippen LogP contribution in [-0.4, -0.2) is 59.3 Å². The number of rotatable bonds is 2. The van der Waals surface area contributed by atoms with Crippen molar-refractivity contribution < 1.29 is 34.3 Å². The minimum atomic E-state index is 0. The fourth-order valence-corrected chi connectivity index (χ4v) is 0.833. The molecule has 128 valence electrons. The second kappa shape index (κ2) is 43.5. The Kier molecular flexibility index (Phi) is 77.5. The molecule has 2 rings (SSSR count). The maximum Gasteiger partial charge on any atom is 2.00 e. The summed E-state index contributed by atoms with van der Waals surface area (Å²) in [6.45, 7) is 17.1. The van der Waals surface area contributed by atoms with E-state index in [4.69, 9.17) is 9.47 Å². The summed E-state index contributed by atoms with van der Waals surface area (Å²) < 4.78 is 9.64. The van der Waals surface area contributed by atoms with Crippen LogP contribution in [0.5, 0.6) is 0 Å². The van der Waals surface area contributed by atoms with Crippen LogP contribution in [0, 0.1) is 27.1 Å². The molecule has 0 N–H and O–H groups in total. The van der Waals surface area contributed by atoms with Crippen molar-refractivity contribution in [2.45, 2.75) is 65.2 Å². The average Bonchev–Trinajstić information content (AvgIpc) is 3.14. The van der Waals surface area contributed by atoms with Gasteiger partial charge in [0.1, 0.15) is 0 Å². The summed E-state index contributed by atoms with van der Waals surface area (Å²) in [7, 11) is 0. The number of unbranched alkanes of at least 4 members (excludes halogenated alkanes) is 2. The summed E-state index contributed by atoms with van der Waals surface area (Å²) in [5.74, 6) is 0. The number of ether oxygens (including phenoxy) is 2. The molecule has 6 heteroatoms. The van der Waals surface area contributed by atoms with Gasteiger partial charge in [0, 0.05) is 13.2 Å². The van der Waals surface area contributed by atoms with Crippen molar-refractivity contribution in [1.82, 2.24) is 0 Å². The third-order valence-electron chi connectivity index (χ3n) is 2.11. The van der Waals surface area contributed by atoms with Gasteiger partial charge in [0.2, 0.25) is 0 Å². The van der Waals surface area contributed by atoms with Gasteiger partial charge < -0.3 is 48.1 Å². The average molecular weight is 376 g/mol. The first-order valence-electron chi connectivity index (χ1n) is 7.28. The summed E-state index contributed by atoms with van der Waals surface area (Å²) in [5.41, 5.74) is 0. The second-order valence-corrected chi connectivity index (χ2v) is 4.07. The van der Waals surface area contributed by atoms with E-state index in [2.05, 4.69) is 27.7 Å². The van der Waals surface area contributed by atoms with E-state index in [1.54, 1.807) is 0 Å². The quantitative estimate of drug-likeness (QED) is 0.428. The van der Waals surface area contributed by atoms with Crippen molar-refractivity contribution in [3.05, 3.63) is 27.1 Å². The SMILES string of the molecule is [CH-]1CCCO1.[CH-]1CCCO1.[CH2-]CCC.[CH2-]CCC.[Cl-].[Cl-].[Mg+2].[Mg+2]. The van der Waals surface area contributed by atoms with Gasteiger partial charge in [0.25, 0.3) is 0 Å². The van der Waals surface area contributed by atoms with Crippen molar-refractivity contribution in [2.24, 2.45) is 0 Å².